The summed E-state index contributed by atoms with van der Waals surface area (Å²) in [6, 6.07) is 11.2. The summed E-state index contributed by atoms with van der Waals surface area (Å²) >= 11 is 11.5. The molecule has 1 N–H and O–H groups in total. The van der Waals surface area contributed by atoms with Crippen molar-refractivity contribution < 1.29 is 14.0 Å². The Hall–Kier alpha value is -2.11. The Bertz CT molecular complexity index is 766. The van der Waals surface area contributed by atoms with Crippen LogP contribution in [-0.4, -0.2) is 29.8 Å². The van der Waals surface area contributed by atoms with Crippen LogP contribution in [0.15, 0.2) is 42.5 Å². The highest BCUT2D eigenvalue weighted by molar-refractivity contribution is 6.31. The molecule has 7 heteroatoms. The molecule has 0 atom stereocenters. The van der Waals surface area contributed by atoms with Crippen LogP contribution in [0.5, 0.6) is 0 Å². The summed E-state index contributed by atoms with van der Waals surface area (Å²) in [5.74, 6) is -1.15. The van der Waals surface area contributed by atoms with Crippen LogP contribution in [0.25, 0.3) is 0 Å². The van der Waals surface area contributed by atoms with Crippen molar-refractivity contribution in [2.24, 2.45) is 0 Å². The largest absolute Gasteiger partial charge is 0.333 e. The third-order valence-electron chi connectivity index (χ3n) is 3.57. The maximum absolute atomic E-state index is 13.1. The van der Waals surface area contributed by atoms with Gasteiger partial charge in [-0.25, -0.2) is 4.39 Å². The first-order chi connectivity index (χ1) is 11.8. The first kappa shape index (κ1) is 19.2. The molecule has 0 saturated carbocycles. The lowest BCUT2D eigenvalue weighted by atomic mass is 10.1. The predicted molar refractivity (Wildman–Crippen MR) is 97.4 cm³/mol. The van der Waals surface area contributed by atoms with Crippen molar-refractivity contribution in [2.75, 3.05) is 18.4 Å². The summed E-state index contributed by atoms with van der Waals surface area (Å²) in [5.41, 5.74) is 1.39. The van der Waals surface area contributed by atoms with Gasteiger partial charge in [-0.3, -0.25) is 9.59 Å². The second-order valence-electron chi connectivity index (χ2n) is 5.49. The lowest BCUT2D eigenvalue weighted by Gasteiger charge is -2.20. The van der Waals surface area contributed by atoms with Crippen molar-refractivity contribution in [3.63, 3.8) is 0 Å². The Balaban J connectivity index is 1.93. The smallest absolute Gasteiger partial charge is 0.243 e. The SMILES string of the molecule is CC(=O)N(CCc1ccc(Cl)cc1)CC(=O)Nc1ccc(F)c(Cl)c1. The highest BCUT2D eigenvalue weighted by atomic mass is 35.5. The van der Waals surface area contributed by atoms with Gasteiger partial charge < -0.3 is 10.2 Å². The Morgan fingerprint density at radius 1 is 1.12 bits per heavy atom. The third kappa shape index (κ3) is 6.03. The summed E-state index contributed by atoms with van der Waals surface area (Å²) in [7, 11) is 0. The molecule has 0 aromatic heterocycles. The normalized spacial score (nSPS) is 10.4. The molecule has 2 rings (SSSR count). The number of nitrogens with zero attached hydrogens (tertiary/aromatic N) is 1. The van der Waals surface area contributed by atoms with Crippen LogP contribution in [0.1, 0.15) is 12.5 Å². The van der Waals surface area contributed by atoms with Gasteiger partial charge in [-0.2, -0.15) is 0 Å². The van der Waals surface area contributed by atoms with E-state index in [2.05, 4.69) is 5.32 Å². The minimum absolute atomic E-state index is 0.0797. The topological polar surface area (TPSA) is 49.4 Å². The van der Waals surface area contributed by atoms with Crippen molar-refractivity contribution in [3.8, 4) is 0 Å². The number of carbonyl (C=O) groups is 2. The monoisotopic (exact) mass is 382 g/mol. The molecule has 0 unspecified atom stereocenters. The highest BCUT2D eigenvalue weighted by Crippen LogP contribution is 2.19. The lowest BCUT2D eigenvalue weighted by Crippen LogP contribution is -2.38. The average molecular weight is 383 g/mol. The molecule has 0 aliphatic rings. The van der Waals surface area contributed by atoms with Gasteiger partial charge in [-0.15, -0.1) is 0 Å². The van der Waals surface area contributed by atoms with Gasteiger partial charge in [0.1, 0.15) is 5.82 Å². The number of hydrogen-bond acceptors (Lipinski definition) is 2. The Kier molecular flexibility index (Phi) is 6.79. The number of hydrogen-bond donors (Lipinski definition) is 1. The zero-order valence-corrected chi connectivity index (χ0v) is 15.1. The van der Waals surface area contributed by atoms with Crippen LogP contribution in [0.4, 0.5) is 10.1 Å². The van der Waals surface area contributed by atoms with Crippen LogP contribution >= 0.6 is 23.2 Å². The quantitative estimate of drug-likeness (QED) is 0.814. The van der Waals surface area contributed by atoms with Crippen LogP contribution < -0.4 is 5.32 Å². The van der Waals surface area contributed by atoms with Gasteiger partial charge in [0.15, 0.2) is 0 Å². The molecule has 0 heterocycles. The Morgan fingerprint density at radius 3 is 2.40 bits per heavy atom. The van der Waals surface area contributed by atoms with E-state index in [4.69, 9.17) is 23.2 Å². The minimum atomic E-state index is -0.562. The summed E-state index contributed by atoms with van der Waals surface area (Å²) in [6.07, 6.45) is 0.604. The van der Waals surface area contributed by atoms with E-state index < -0.39 is 5.82 Å². The molecule has 0 aliphatic heterocycles. The number of carbonyl (C=O) groups excluding carboxylic acids is 2. The summed E-state index contributed by atoms with van der Waals surface area (Å²) in [5, 5.41) is 3.16. The Labute approximate surface area is 155 Å². The second-order valence-corrected chi connectivity index (χ2v) is 6.34. The van der Waals surface area contributed by atoms with Gasteiger partial charge in [0.2, 0.25) is 11.8 Å². The fourth-order valence-electron chi connectivity index (χ4n) is 2.21. The number of rotatable bonds is 6. The third-order valence-corrected chi connectivity index (χ3v) is 4.11. The van der Waals surface area contributed by atoms with Gasteiger partial charge in [-0.05, 0) is 42.3 Å². The summed E-state index contributed by atoms with van der Waals surface area (Å²) < 4.78 is 13.1. The predicted octanol–water partition coefficient (Wildman–Crippen LogP) is 4.16. The van der Waals surface area contributed by atoms with Gasteiger partial charge >= 0.3 is 0 Å². The first-order valence-electron chi connectivity index (χ1n) is 7.60. The molecule has 25 heavy (non-hydrogen) atoms. The molecule has 132 valence electrons. The molecule has 0 aliphatic carbocycles. The maximum atomic E-state index is 13.1. The average Bonchev–Trinajstić information content (AvgIpc) is 2.56. The van der Waals surface area contributed by atoms with Gasteiger partial charge in [0.05, 0.1) is 11.6 Å². The number of halogens is 3. The van der Waals surface area contributed by atoms with E-state index in [1.807, 2.05) is 12.1 Å². The number of anilines is 1. The van der Waals surface area contributed by atoms with Crippen molar-refractivity contribution in [1.29, 1.82) is 0 Å². The van der Waals surface area contributed by atoms with Crippen LogP contribution in [0, 0.1) is 5.82 Å². The number of amides is 2. The zero-order valence-electron chi connectivity index (χ0n) is 13.6. The molecule has 2 aromatic carbocycles. The maximum Gasteiger partial charge on any atom is 0.243 e. The van der Waals surface area contributed by atoms with Crippen molar-refractivity contribution in [2.45, 2.75) is 13.3 Å². The minimum Gasteiger partial charge on any atom is -0.333 e. The molecule has 0 saturated heterocycles. The molecule has 0 fully saturated rings. The van der Waals surface area contributed by atoms with Crippen LogP contribution in [-0.2, 0) is 16.0 Å². The summed E-state index contributed by atoms with van der Waals surface area (Å²) in [6.45, 7) is 1.70. The lowest BCUT2D eigenvalue weighted by molar-refractivity contribution is -0.132. The molecular weight excluding hydrogens is 366 g/mol. The van der Waals surface area contributed by atoms with Crippen molar-refractivity contribution in [1.82, 2.24) is 4.90 Å². The van der Waals surface area contributed by atoms with Crippen molar-refractivity contribution in [3.05, 3.63) is 63.9 Å². The molecule has 0 spiro atoms. The molecule has 4 nitrogen and oxygen atoms in total. The van der Waals surface area contributed by atoms with Crippen molar-refractivity contribution >= 4 is 40.7 Å². The molecule has 2 amide bonds. The number of benzene rings is 2. The second kappa shape index (κ2) is 8.83. The molecule has 0 bridgehead atoms. The molecule has 2 aromatic rings. The highest BCUT2D eigenvalue weighted by Gasteiger charge is 2.14. The van der Waals surface area contributed by atoms with E-state index in [0.29, 0.717) is 23.7 Å². The summed E-state index contributed by atoms with van der Waals surface area (Å²) in [4.78, 5) is 25.3. The Morgan fingerprint density at radius 2 is 1.80 bits per heavy atom. The van der Waals surface area contributed by atoms with Gasteiger partial charge in [0, 0.05) is 24.2 Å². The van der Waals surface area contributed by atoms with E-state index in [9.17, 15) is 14.0 Å². The van der Waals surface area contributed by atoms with E-state index in [1.54, 1.807) is 12.1 Å². The fraction of sp³-hybridized carbons (Fsp3) is 0.222. The standard InChI is InChI=1S/C18H17Cl2FN2O2/c1-12(24)23(9-8-13-2-4-14(19)5-3-13)11-18(25)22-15-6-7-17(21)16(20)10-15/h2-7,10H,8-9,11H2,1H3,(H,22,25). The van der Waals surface area contributed by atoms with Crippen LogP contribution in [0.3, 0.4) is 0 Å². The van der Waals surface area contributed by atoms with E-state index in [0.717, 1.165) is 5.56 Å². The van der Waals surface area contributed by atoms with E-state index in [1.165, 1.54) is 30.0 Å². The fourth-order valence-corrected chi connectivity index (χ4v) is 2.52. The van der Waals surface area contributed by atoms with Gasteiger partial charge in [0.25, 0.3) is 0 Å². The van der Waals surface area contributed by atoms with Gasteiger partial charge in [-0.1, -0.05) is 35.3 Å². The first-order valence-corrected chi connectivity index (χ1v) is 8.35. The number of nitrogens with one attached hydrogen (secondary N) is 1. The van der Waals surface area contributed by atoms with E-state index >= 15 is 0 Å². The molecular formula is C18H17Cl2FN2O2. The van der Waals surface area contributed by atoms with E-state index in [-0.39, 0.29) is 23.4 Å². The molecule has 0 radical (unpaired) electrons. The van der Waals surface area contributed by atoms with Crippen LogP contribution in [0.2, 0.25) is 10.0 Å². The zero-order chi connectivity index (χ0) is 18.4.